The van der Waals surface area contributed by atoms with Gasteiger partial charge in [-0.25, -0.2) is 0 Å². The Kier molecular flexibility index (Phi) is 4.95. The first kappa shape index (κ1) is 12.7. The van der Waals surface area contributed by atoms with Crippen LogP contribution in [0.25, 0.3) is 0 Å². The number of ether oxygens (including phenoxy) is 1. The summed E-state index contributed by atoms with van der Waals surface area (Å²) in [5.74, 6) is -0.479. The van der Waals surface area contributed by atoms with Crippen molar-refractivity contribution in [3.8, 4) is 0 Å². The third kappa shape index (κ3) is 4.00. The van der Waals surface area contributed by atoms with E-state index in [0.29, 0.717) is 0 Å². The first-order valence-corrected chi connectivity index (χ1v) is 5.11. The Labute approximate surface area is 94.5 Å². The second-order valence-electron chi connectivity index (χ2n) is 3.60. The number of methoxy groups -OCH3 is 1. The van der Waals surface area contributed by atoms with E-state index in [1.807, 2.05) is 18.2 Å². The predicted octanol–water partition coefficient (Wildman–Crippen LogP) is 1.03. The average molecular weight is 224 g/mol. The molecule has 2 atom stereocenters. The minimum absolute atomic E-state index is 0.0968. The highest BCUT2D eigenvalue weighted by atomic mass is 16.5. The minimum atomic E-state index is -0.886. The van der Waals surface area contributed by atoms with Crippen LogP contribution in [0.3, 0.4) is 0 Å². The quantitative estimate of drug-likeness (QED) is 0.733. The average Bonchev–Trinajstić information content (AvgIpc) is 2.29. The molecule has 0 unspecified atom stereocenters. The normalized spacial score (nSPS) is 14.2. The van der Waals surface area contributed by atoms with E-state index in [-0.39, 0.29) is 12.8 Å². The van der Waals surface area contributed by atoms with Gasteiger partial charge in [-0.2, -0.15) is 0 Å². The third-order valence-electron chi connectivity index (χ3n) is 2.31. The number of benzene rings is 1. The van der Waals surface area contributed by atoms with Gasteiger partial charge in [0, 0.05) is 6.42 Å². The molecule has 16 heavy (non-hydrogen) atoms. The van der Waals surface area contributed by atoms with Crippen LogP contribution in [0.1, 0.15) is 24.5 Å². The van der Waals surface area contributed by atoms with Crippen LogP contribution in [0.15, 0.2) is 30.3 Å². The van der Waals surface area contributed by atoms with Crippen molar-refractivity contribution in [3.05, 3.63) is 35.9 Å². The Morgan fingerprint density at radius 2 is 1.94 bits per heavy atom. The molecule has 0 aliphatic rings. The van der Waals surface area contributed by atoms with Gasteiger partial charge in [-0.15, -0.1) is 0 Å². The number of carbonyl (C=O) groups is 1. The van der Waals surface area contributed by atoms with Gasteiger partial charge in [-0.1, -0.05) is 30.3 Å². The fraction of sp³-hybridized carbons (Fsp3) is 0.417. The highest BCUT2D eigenvalue weighted by Crippen LogP contribution is 2.19. The number of aliphatic hydroxyl groups is 2. The number of rotatable bonds is 5. The molecule has 0 saturated carbocycles. The first-order chi connectivity index (χ1) is 7.63. The minimum Gasteiger partial charge on any atom is -0.469 e. The zero-order valence-electron chi connectivity index (χ0n) is 9.17. The van der Waals surface area contributed by atoms with E-state index in [9.17, 15) is 15.0 Å². The molecule has 4 heteroatoms. The summed E-state index contributed by atoms with van der Waals surface area (Å²) in [4.78, 5) is 10.9. The Morgan fingerprint density at radius 1 is 1.31 bits per heavy atom. The molecule has 1 rings (SSSR count). The smallest absolute Gasteiger partial charge is 0.308 e. The van der Waals surface area contributed by atoms with E-state index < -0.39 is 18.2 Å². The largest absolute Gasteiger partial charge is 0.469 e. The van der Waals surface area contributed by atoms with Gasteiger partial charge in [0.2, 0.25) is 0 Å². The molecule has 0 bridgehead atoms. The summed E-state index contributed by atoms with van der Waals surface area (Å²) < 4.78 is 4.43. The van der Waals surface area contributed by atoms with Gasteiger partial charge in [0.1, 0.15) is 0 Å². The van der Waals surface area contributed by atoms with Crippen LogP contribution in [0.2, 0.25) is 0 Å². The second-order valence-corrected chi connectivity index (χ2v) is 3.60. The van der Waals surface area contributed by atoms with Crippen molar-refractivity contribution in [3.63, 3.8) is 0 Å². The lowest BCUT2D eigenvalue weighted by Crippen LogP contribution is -2.17. The highest BCUT2D eigenvalue weighted by Gasteiger charge is 2.16. The Balaban J connectivity index is 2.45. The van der Waals surface area contributed by atoms with E-state index in [1.54, 1.807) is 12.1 Å². The SMILES string of the molecule is COC(=O)C[C@@H](O)C[C@@H](O)c1ccccc1. The molecule has 0 radical (unpaired) electrons. The molecule has 1 aromatic rings. The number of hydrogen-bond donors (Lipinski definition) is 2. The zero-order valence-corrected chi connectivity index (χ0v) is 9.17. The molecule has 0 spiro atoms. The Hall–Kier alpha value is -1.39. The maximum Gasteiger partial charge on any atom is 0.308 e. The van der Waals surface area contributed by atoms with Crippen LogP contribution >= 0.6 is 0 Å². The third-order valence-corrected chi connectivity index (χ3v) is 2.31. The maximum atomic E-state index is 10.9. The van der Waals surface area contributed by atoms with Crippen LogP contribution in [0.5, 0.6) is 0 Å². The fourth-order valence-corrected chi connectivity index (χ4v) is 1.43. The van der Waals surface area contributed by atoms with Crippen molar-refractivity contribution < 1.29 is 19.7 Å². The molecular formula is C12H16O4. The lowest BCUT2D eigenvalue weighted by molar-refractivity contribution is -0.143. The molecule has 4 nitrogen and oxygen atoms in total. The van der Waals surface area contributed by atoms with Crippen molar-refractivity contribution in [1.82, 2.24) is 0 Å². The number of carbonyl (C=O) groups excluding carboxylic acids is 1. The van der Waals surface area contributed by atoms with Crippen molar-refractivity contribution in [2.45, 2.75) is 25.0 Å². The van der Waals surface area contributed by atoms with Gasteiger partial charge >= 0.3 is 5.97 Å². The number of aliphatic hydroxyl groups excluding tert-OH is 2. The first-order valence-electron chi connectivity index (χ1n) is 5.11. The molecular weight excluding hydrogens is 208 g/mol. The summed E-state index contributed by atoms with van der Waals surface area (Å²) in [6.45, 7) is 0. The van der Waals surface area contributed by atoms with Crippen LogP contribution < -0.4 is 0 Å². The van der Waals surface area contributed by atoms with Gasteiger partial charge < -0.3 is 14.9 Å². The Bertz CT molecular complexity index is 323. The van der Waals surface area contributed by atoms with Crippen LogP contribution in [0, 0.1) is 0 Å². The van der Waals surface area contributed by atoms with Crippen LogP contribution in [-0.2, 0) is 9.53 Å². The topological polar surface area (TPSA) is 66.8 Å². The van der Waals surface area contributed by atoms with Crippen molar-refractivity contribution in [1.29, 1.82) is 0 Å². The lowest BCUT2D eigenvalue weighted by Gasteiger charge is -2.14. The van der Waals surface area contributed by atoms with Gasteiger partial charge in [0.05, 0.1) is 25.7 Å². The molecule has 0 fully saturated rings. The van der Waals surface area contributed by atoms with E-state index in [4.69, 9.17) is 0 Å². The van der Waals surface area contributed by atoms with Crippen molar-refractivity contribution in [2.75, 3.05) is 7.11 Å². The van der Waals surface area contributed by atoms with E-state index in [1.165, 1.54) is 7.11 Å². The van der Waals surface area contributed by atoms with Gasteiger partial charge in [0.25, 0.3) is 0 Å². The molecule has 88 valence electrons. The molecule has 2 N–H and O–H groups in total. The summed E-state index contributed by atoms with van der Waals surface area (Å²) in [6, 6.07) is 9.02. The fourth-order valence-electron chi connectivity index (χ4n) is 1.43. The molecule has 1 aromatic carbocycles. The molecule has 0 aromatic heterocycles. The highest BCUT2D eigenvalue weighted by molar-refractivity contribution is 5.69. The van der Waals surface area contributed by atoms with E-state index >= 15 is 0 Å². The molecule has 0 amide bonds. The summed E-state index contributed by atoms with van der Waals surface area (Å²) in [7, 11) is 1.27. The monoisotopic (exact) mass is 224 g/mol. The zero-order chi connectivity index (χ0) is 12.0. The maximum absolute atomic E-state index is 10.9. The van der Waals surface area contributed by atoms with Gasteiger partial charge in [-0.3, -0.25) is 4.79 Å². The van der Waals surface area contributed by atoms with Crippen LogP contribution in [-0.4, -0.2) is 29.4 Å². The molecule has 0 aliphatic carbocycles. The standard InChI is InChI=1S/C12H16O4/c1-16-12(15)8-10(13)7-11(14)9-5-3-2-4-6-9/h2-6,10-11,13-14H,7-8H2,1H3/t10-,11+/m0/s1. The summed E-state index contributed by atoms with van der Waals surface area (Å²) in [5, 5.41) is 19.3. The predicted molar refractivity (Wildman–Crippen MR) is 58.7 cm³/mol. The molecule has 0 aliphatic heterocycles. The lowest BCUT2D eigenvalue weighted by atomic mass is 10.0. The molecule has 0 heterocycles. The Morgan fingerprint density at radius 3 is 2.50 bits per heavy atom. The number of hydrogen-bond acceptors (Lipinski definition) is 4. The van der Waals surface area contributed by atoms with Crippen molar-refractivity contribution >= 4 is 5.97 Å². The van der Waals surface area contributed by atoms with E-state index in [2.05, 4.69) is 4.74 Å². The summed E-state index contributed by atoms with van der Waals surface area (Å²) in [6.07, 6.45) is -1.62. The van der Waals surface area contributed by atoms with Gasteiger partial charge in [-0.05, 0) is 5.56 Å². The summed E-state index contributed by atoms with van der Waals surface area (Å²) >= 11 is 0. The second kappa shape index (κ2) is 6.25. The van der Waals surface area contributed by atoms with Crippen molar-refractivity contribution in [2.24, 2.45) is 0 Å². The van der Waals surface area contributed by atoms with E-state index in [0.717, 1.165) is 5.56 Å². The number of esters is 1. The molecule has 0 saturated heterocycles. The van der Waals surface area contributed by atoms with Crippen LogP contribution in [0.4, 0.5) is 0 Å². The van der Waals surface area contributed by atoms with Gasteiger partial charge in [0.15, 0.2) is 0 Å². The summed E-state index contributed by atoms with van der Waals surface area (Å²) in [5.41, 5.74) is 0.728.